The van der Waals surface area contributed by atoms with Crippen LogP contribution >= 0.6 is 0 Å². The summed E-state index contributed by atoms with van der Waals surface area (Å²) < 4.78 is 7.34. The van der Waals surface area contributed by atoms with Crippen LogP contribution in [0.3, 0.4) is 0 Å². The lowest BCUT2D eigenvalue weighted by Gasteiger charge is -2.38. The predicted octanol–water partition coefficient (Wildman–Crippen LogP) is 2.93. The maximum atomic E-state index is 12.6. The number of rotatable bonds is 5. The topological polar surface area (TPSA) is 80.3 Å². The molecule has 0 radical (unpaired) electrons. The highest BCUT2D eigenvalue weighted by atomic mass is 16.3. The normalized spacial score (nSPS) is 19.3. The van der Waals surface area contributed by atoms with Crippen LogP contribution in [-0.4, -0.2) is 62.1 Å². The molecule has 3 heterocycles. The van der Waals surface area contributed by atoms with Gasteiger partial charge in [0, 0.05) is 26.2 Å². The smallest absolute Gasteiger partial charge is 0.289 e. The highest BCUT2D eigenvalue weighted by Crippen LogP contribution is 2.34. The van der Waals surface area contributed by atoms with E-state index in [1.807, 2.05) is 15.6 Å². The number of carbonyl (C=O) groups is 1. The standard InChI is InChI=1S/C22H26N6O2/c29-22(19-11-6-16-30-19)27-14-12-26(13-15-27)20(17-7-2-1-3-8-17)21-23-24-25-28(21)18-9-4-5-10-18/h1-3,6-8,11,16,18,20H,4-5,9-10,12-15H2/t20-/m1/s1. The van der Waals surface area contributed by atoms with Gasteiger partial charge in [0.05, 0.1) is 18.3 Å². The number of hydrogen-bond donors (Lipinski definition) is 0. The van der Waals surface area contributed by atoms with Crippen LogP contribution in [0.4, 0.5) is 0 Å². The lowest BCUT2D eigenvalue weighted by atomic mass is 10.0. The zero-order chi connectivity index (χ0) is 20.3. The Bertz CT molecular complexity index is 957. The molecule has 8 heteroatoms. The van der Waals surface area contributed by atoms with Gasteiger partial charge in [0.2, 0.25) is 0 Å². The van der Waals surface area contributed by atoms with Crippen molar-refractivity contribution >= 4 is 5.91 Å². The van der Waals surface area contributed by atoms with Crippen molar-refractivity contribution in [3.8, 4) is 0 Å². The van der Waals surface area contributed by atoms with Gasteiger partial charge < -0.3 is 9.32 Å². The molecule has 1 aliphatic heterocycles. The molecule has 1 aromatic carbocycles. The van der Waals surface area contributed by atoms with Crippen molar-refractivity contribution in [2.75, 3.05) is 26.2 Å². The monoisotopic (exact) mass is 406 g/mol. The molecule has 0 spiro atoms. The predicted molar refractivity (Wildman–Crippen MR) is 110 cm³/mol. The van der Waals surface area contributed by atoms with E-state index < -0.39 is 0 Å². The van der Waals surface area contributed by atoms with Crippen molar-refractivity contribution in [1.82, 2.24) is 30.0 Å². The molecule has 1 aliphatic carbocycles. The molecule has 2 aliphatic rings. The van der Waals surface area contributed by atoms with Crippen LogP contribution in [0.2, 0.25) is 0 Å². The zero-order valence-electron chi connectivity index (χ0n) is 16.9. The van der Waals surface area contributed by atoms with E-state index in [-0.39, 0.29) is 11.9 Å². The third kappa shape index (κ3) is 3.63. The fraction of sp³-hybridized carbons (Fsp3) is 0.455. The Hall–Kier alpha value is -3.00. The molecule has 30 heavy (non-hydrogen) atoms. The molecule has 8 nitrogen and oxygen atoms in total. The maximum absolute atomic E-state index is 12.6. The van der Waals surface area contributed by atoms with Gasteiger partial charge in [-0.3, -0.25) is 9.69 Å². The van der Waals surface area contributed by atoms with Crippen LogP contribution in [0.25, 0.3) is 0 Å². The summed E-state index contributed by atoms with van der Waals surface area (Å²) in [5.74, 6) is 1.25. The number of benzene rings is 1. The first-order valence-corrected chi connectivity index (χ1v) is 10.7. The molecular formula is C22H26N6O2. The number of aromatic nitrogens is 4. The first kappa shape index (κ1) is 19.0. The van der Waals surface area contributed by atoms with E-state index in [0.717, 1.165) is 31.8 Å². The summed E-state index contributed by atoms with van der Waals surface area (Å²) in [6, 6.07) is 14.2. The first-order valence-electron chi connectivity index (χ1n) is 10.7. The largest absolute Gasteiger partial charge is 0.459 e. The molecule has 5 rings (SSSR count). The second-order valence-electron chi connectivity index (χ2n) is 8.04. The summed E-state index contributed by atoms with van der Waals surface area (Å²) in [4.78, 5) is 16.9. The molecule has 1 saturated carbocycles. The van der Waals surface area contributed by atoms with Gasteiger partial charge in [0.25, 0.3) is 5.91 Å². The summed E-state index contributed by atoms with van der Waals surface area (Å²) in [7, 11) is 0. The minimum atomic E-state index is -0.0494. The van der Waals surface area contributed by atoms with Crippen molar-refractivity contribution in [2.45, 2.75) is 37.8 Å². The Morgan fingerprint density at radius 2 is 1.77 bits per heavy atom. The molecule has 156 valence electrons. The molecule has 1 saturated heterocycles. The lowest BCUT2D eigenvalue weighted by molar-refractivity contribution is 0.0558. The number of furan rings is 1. The Balaban J connectivity index is 1.39. The maximum Gasteiger partial charge on any atom is 0.289 e. The third-order valence-corrected chi connectivity index (χ3v) is 6.25. The van der Waals surface area contributed by atoms with Crippen molar-refractivity contribution in [1.29, 1.82) is 0 Å². The van der Waals surface area contributed by atoms with Crippen LogP contribution < -0.4 is 0 Å². The van der Waals surface area contributed by atoms with Gasteiger partial charge in [-0.1, -0.05) is 43.2 Å². The summed E-state index contributed by atoms with van der Waals surface area (Å²) >= 11 is 0. The second kappa shape index (κ2) is 8.39. The van der Waals surface area contributed by atoms with Gasteiger partial charge >= 0.3 is 0 Å². The number of amides is 1. The van der Waals surface area contributed by atoms with E-state index in [1.165, 1.54) is 24.7 Å². The van der Waals surface area contributed by atoms with Crippen LogP contribution in [0.15, 0.2) is 53.1 Å². The number of tetrazole rings is 1. The number of nitrogens with zero attached hydrogens (tertiary/aromatic N) is 6. The molecular weight excluding hydrogens is 380 g/mol. The van der Waals surface area contributed by atoms with Gasteiger partial charge in [0.15, 0.2) is 11.6 Å². The molecule has 2 fully saturated rings. The summed E-state index contributed by atoms with van der Waals surface area (Å²) in [6.45, 7) is 2.80. The third-order valence-electron chi connectivity index (χ3n) is 6.25. The molecule has 2 aromatic heterocycles. The second-order valence-corrected chi connectivity index (χ2v) is 8.04. The fourth-order valence-electron chi connectivity index (χ4n) is 4.69. The average Bonchev–Trinajstić information content (AvgIpc) is 3.57. The molecule has 1 atom stereocenters. The fourth-order valence-corrected chi connectivity index (χ4v) is 4.69. The molecule has 1 amide bonds. The number of hydrogen-bond acceptors (Lipinski definition) is 6. The Morgan fingerprint density at radius 1 is 1.00 bits per heavy atom. The average molecular weight is 406 g/mol. The van der Waals surface area contributed by atoms with E-state index in [9.17, 15) is 4.79 Å². The van der Waals surface area contributed by atoms with Crippen molar-refractivity contribution in [3.63, 3.8) is 0 Å². The van der Waals surface area contributed by atoms with Gasteiger partial charge in [0.1, 0.15) is 0 Å². The summed E-state index contributed by atoms with van der Waals surface area (Å²) in [6.07, 6.45) is 6.26. The lowest BCUT2D eigenvalue weighted by Crippen LogP contribution is -2.50. The highest BCUT2D eigenvalue weighted by Gasteiger charge is 2.34. The van der Waals surface area contributed by atoms with Crippen LogP contribution in [0, 0.1) is 0 Å². The Labute approximate surface area is 175 Å². The molecule has 3 aromatic rings. The van der Waals surface area contributed by atoms with Crippen molar-refractivity contribution in [3.05, 3.63) is 65.9 Å². The van der Waals surface area contributed by atoms with Gasteiger partial charge in [-0.05, 0) is 41.0 Å². The van der Waals surface area contributed by atoms with E-state index in [1.54, 1.807) is 12.1 Å². The van der Waals surface area contributed by atoms with E-state index in [4.69, 9.17) is 4.42 Å². The van der Waals surface area contributed by atoms with Gasteiger partial charge in [-0.25, -0.2) is 4.68 Å². The van der Waals surface area contributed by atoms with Crippen LogP contribution in [0.1, 0.15) is 59.7 Å². The van der Waals surface area contributed by atoms with Gasteiger partial charge in [-0.2, -0.15) is 0 Å². The Morgan fingerprint density at radius 3 is 2.47 bits per heavy atom. The van der Waals surface area contributed by atoms with Crippen molar-refractivity contribution in [2.24, 2.45) is 0 Å². The molecule has 0 unspecified atom stereocenters. The molecule has 0 bridgehead atoms. The van der Waals surface area contributed by atoms with Crippen LogP contribution in [-0.2, 0) is 0 Å². The highest BCUT2D eigenvalue weighted by molar-refractivity contribution is 5.91. The minimum Gasteiger partial charge on any atom is -0.459 e. The SMILES string of the molecule is O=C(c1ccco1)N1CCN([C@H](c2ccccc2)c2nnnn2C2CCCC2)CC1. The van der Waals surface area contributed by atoms with Crippen molar-refractivity contribution < 1.29 is 9.21 Å². The zero-order valence-corrected chi connectivity index (χ0v) is 16.9. The summed E-state index contributed by atoms with van der Waals surface area (Å²) in [5, 5.41) is 12.9. The number of piperazine rings is 1. The van der Waals surface area contributed by atoms with Crippen LogP contribution in [0.5, 0.6) is 0 Å². The van der Waals surface area contributed by atoms with Gasteiger partial charge in [-0.15, -0.1) is 5.10 Å². The minimum absolute atomic E-state index is 0.0253. The molecule has 0 N–H and O–H groups in total. The van der Waals surface area contributed by atoms with E-state index in [2.05, 4.69) is 44.7 Å². The Kier molecular flexibility index (Phi) is 5.31. The summed E-state index contributed by atoms with van der Waals surface area (Å²) in [5.41, 5.74) is 1.18. The first-order chi connectivity index (χ1) is 14.8. The van der Waals surface area contributed by atoms with E-state index in [0.29, 0.717) is 24.9 Å². The number of carbonyl (C=O) groups excluding carboxylic acids is 1. The van der Waals surface area contributed by atoms with E-state index >= 15 is 0 Å². The quantitative estimate of drug-likeness (QED) is 0.648.